The first-order valence-corrected chi connectivity index (χ1v) is 7.95. The van der Waals surface area contributed by atoms with E-state index < -0.39 is 6.04 Å². The third-order valence-electron chi connectivity index (χ3n) is 4.38. The Hall–Kier alpha value is -3.02. The maximum atomic E-state index is 13.2. The summed E-state index contributed by atoms with van der Waals surface area (Å²) in [6, 6.07) is 12.0. The predicted octanol–water partition coefficient (Wildman–Crippen LogP) is 2.02. The van der Waals surface area contributed by atoms with E-state index in [1.165, 1.54) is 7.11 Å². The van der Waals surface area contributed by atoms with Crippen LogP contribution in [0.2, 0.25) is 0 Å². The third kappa shape index (κ3) is 2.91. The minimum Gasteiger partial charge on any atom is -0.497 e. The van der Waals surface area contributed by atoms with Gasteiger partial charge in [0.05, 0.1) is 19.8 Å². The molecule has 0 spiro atoms. The molecule has 2 aromatic carbocycles. The number of hydrogen-bond donors (Lipinski definition) is 1. The molecule has 6 heteroatoms. The summed E-state index contributed by atoms with van der Waals surface area (Å²) in [6.07, 6.45) is 0.486. The molecular weight excluding hydrogens is 320 g/mol. The third-order valence-corrected chi connectivity index (χ3v) is 4.38. The summed E-state index contributed by atoms with van der Waals surface area (Å²) in [5, 5.41) is 2.64. The van der Waals surface area contributed by atoms with Crippen LogP contribution in [0.25, 0.3) is 0 Å². The lowest BCUT2D eigenvalue weighted by Crippen LogP contribution is -2.47. The quantitative estimate of drug-likeness (QED) is 0.925. The van der Waals surface area contributed by atoms with Crippen molar-refractivity contribution in [3.8, 4) is 11.5 Å². The number of rotatable bonds is 4. The van der Waals surface area contributed by atoms with Crippen LogP contribution in [0.5, 0.6) is 11.5 Å². The molecule has 130 valence electrons. The highest BCUT2D eigenvalue weighted by molar-refractivity contribution is 6.13. The average Bonchev–Trinajstić information content (AvgIpc) is 3.05. The van der Waals surface area contributed by atoms with Gasteiger partial charge in [0.1, 0.15) is 17.5 Å². The molecular formula is C19H20N2O4. The molecule has 0 radical (unpaired) electrons. The summed E-state index contributed by atoms with van der Waals surface area (Å²) in [7, 11) is 4.62. The first kappa shape index (κ1) is 16.8. The molecule has 0 saturated carbocycles. The molecule has 0 fully saturated rings. The molecule has 3 rings (SSSR count). The van der Waals surface area contributed by atoms with Gasteiger partial charge in [-0.25, -0.2) is 0 Å². The summed E-state index contributed by atoms with van der Waals surface area (Å²) in [5.41, 5.74) is 2.10. The first-order chi connectivity index (χ1) is 12.1. The number of fused-ring (bicyclic) bond motifs is 1. The van der Waals surface area contributed by atoms with Gasteiger partial charge in [-0.05, 0) is 23.8 Å². The fourth-order valence-electron chi connectivity index (χ4n) is 3.12. The Morgan fingerprint density at radius 1 is 1.12 bits per heavy atom. The summed E-state index contributed by atoms with van der Waals surface area (Å²) in [5.74, 6) is 0.526. The van der Waals surface area contributed by atoms with E-state index in [2.05, 4.69) is 5.32 Å². The smallest absolute Gasteiger partial charge is 0.262 e. The van der Waals surface area contributed by atoms with Crippen molar-refractivity contribution in [3.05, 3.63) is 53.6 Å². The summed E-state index contributed by atoms with van der Waals surface area (Å²) in [4.78, 5) is 27.1. The van der Waals surface area contributed by atoms with Crippen molar-refractivity contribution in [2.75, 3.05) is 26.2 Å². The SMILES string of the molecule is CNC(=O)C1Cc2ccccc2N1C(=O)c1ccc(OC)cc1OC. The van der Waals surface area contributed by atoms with Gasteiger partial charge in [0.25, 0.3) is 5.91 Å². The van der Waals surface area contributed by atoms with Gasteiger partial charge in [0, 0.05) is 25.2 Å². The molecule has 0 aromatic heterocycles. The molecule has 1 atom stereocenters. The van der Waals surface area contributed by atoms with Crippen molar-refractivity contribution in [3.63, 3.8) is 0 Å². The second-order valence-corrected chi connectivity index (χ2v) is 5.70. The zero-order valence-corrected chi connectivity index (χ0v) is 14.4. The Kier molecular flexibility index (Phi) is 4.61. The fourth-order valence-corrected chi connectivity index (χ4v) is 3.12. The zero-order valence-electron chi connectivity index (χ0n) is 14.4. The zero-order chi connectivity index (χ0) is 18.0. The van der Waals surface area contributed by atoms with Crippen LogP contribution in [0.1, 0.15) is 15.9 Å². The number of carbonyl (C=O) groups excluding carboxylic acids is 2. The van der Waals surface area contributed by atoms with Crippen molar-refractivity contribution in [1.29, 1.82) is 0 Å². The standard InChI is InChI=1S/C19H20N2O4/c1-20-18(22)16-10-12-6-4-5-7-15(12)21(16)19(23)14-9-8-13(24-2)11-17(14)25-3/h4-9,11,16H,10H2,1-3H3,(H,20,22). The number of benzene rings is 2. The van der Waals surface area contributed by atoms with Gasteiger partial charge in [0.15, 0.2) is 0 Å². The summed E-state index contributed by atoms with van der Waals surface area (Å²) in [6.45, 7) is 0. The van der Waals surface area contributed by atoms with Crippen LogP contribution in [0.3, 0.4) is 0 Å². The highest BCUT2D eigenvalue weighted by Crippen LogP contribution is 2.35. The summed E-state index contributed by atoms with van der Waals surface area (Å²) < 4.78 is 10.5. The van der Waals surface area contributed by atoms with Gasteiger partial charge >= 0.3 is 0 Å². The minimum atomic E-state index is -0.582. The lowest BCUT2D eigenvalue weighted by Gasteiger charge is -2.25. The highest BCUT2D eigenvalue weighted by atomic mass is 16.5. The number of hydrogen-bond acceptors (Lipinski definition) is 4. The predicted molar refractivity (Wildman–Crippen MR) is 94.4 cm³/mol. The number of nitrogens with zero attached hydrogens (tertiary/aromatic N) is 1. The molecule has 25 heavy (non-hydrogen) atoms. The Labute approximate surface area is 146 Å². The van der Waals surface area contributed by atoms with Crippen LogP contribution < -0.4 is 19.7 Å². The van der Waals surface area contributed by atoms with E-state index >= 15 is 0 Å². The van der Waals surface area contributed by atoms with Crippen molar-refractivity contribution in [2.45, 2.75) is 12.5 Å². The second-order valence-electron chi connectivity index (χ2n) is 5.70. The Balaban J connectivity index is 2.06. The first-order valence-electron chi connectivity index (χ1n) is 7.95. The van der Waals surface area contributed by atoms with Crippen molar-refractivity contribution >= 4 is 17.5 Å². The molecule has 1 N–H and O–H groups in total. The summed E-state index contributed by atoms with van der Waals surface area (Å²) >= 11 is 0. The van der Waals surface area contributed by atoms with Crippen LogP contribution in [0, 0.1) is 0 Å². The van der Waals surface area contributed by atoms with Gasteiger partial charge in [0.2, 0.25) is 5.91 Å². The van der Waals surface area contributed by atoms with Crippen LogP contribution in [-0.2, 0) is 11.2 Å². The van der Waals surface area contributed by atoms with E-state index in [-0.39, 0.29) is 11.8 Å². The van der Waals surface area contributed by atoms with Crippen molar-refractivity contribution in [1.82, 2.24) is 5.32 Å². The van der Waals surface area contributed by atoms with Crippen LogP contribution in [0.15, 0.2) is 42.5 Å². The number of nitrogens with one attached hydrogen (secondary N) is 1. The molecule has 1 aliphatic heterocycles. The largest absolute Gasteiger partial charge is 0.497 e. The Morgan fingerprint density at radius 3 is 2.56 bits per heavy atom. The topological polar surface area (TPSA) is 67.9 Å². The number of carbonyl (C=O) groups is 2. The van der Waals surface area contributed by atoms with E-state index in [1.54, 1.807) is 37.3 Å². The second kappa shape index (κ2) is 6.84. The maximum absolute atomic E-state index is 13.2. The molecule has 1 unspecified atom stereocenters. The van der Waals surface area contributed by atoms with Crippen molar-refractivity contribution in [2.24, 2.45) is 0 Å². The van der Waals surface area contributed by atoms with E-state index in [4.69, 9.17) is 9.47 Å². The monoisotopic (exact) mass is 340 g/mol. The fraction of sp³-hybridized carbons (Fsp3) is 0.263. The molecule has 0 aliphatic carbocycles. The average molecular weight is 340 g/mol. The van der Waals surface area contributed by atoms with E-state index in [0.717, 1.165) is 11.3 Å². The normalized spacial score (nSPS) is 15.5. The number of anilines is 1. The van der Waals surface area contributed by atoms with Crippen LogP contribution in [0.4, 0.5) is 5.69 Å². The molecule has 2 amide bonds. The number of likely N-dealkylation sites (N-methyl/N-ethyl adjacent to an activating group) is 1. The lowest BCUT2D eigenvalue weighted by molar-refractivity contribution is -0.121. The van der Waals surface area contributed by atoms with E-state index in [1.807, 2.05) is 24.3 Å². The minimum absolute atomic E-state index is 0.197. The molecule has 0 saturated heterocycles. The van der Waals surface area contributed by atoms with Crippen LogP contribution >= 0.6 is 0 Å². The van der Waals surface area contributed by atoms with Gasteiger partial charge in [-0.2, -0.15) is 0 Å². The maximum Gasteiger partial charge on any atom is 0.262 e. The van der Waals surface area contributed by atoms with Gasteiger partial charge in [-0.1, -0.05) is 18.2 Å². The van der Waals surface area contributed by atoms with Crippen molar-refractivity contribution < 1.29 is 19.1 Å². The van der Waals surface area contributed by atoms with Gasteiger partial charge in [-0.3, -0.25) is 14.5 Å². The molecule has 6 nitrogen and oxygen atoms in total. The number of ether oxygens (including phenoxy) is 2. The number of methoxy groups -OCH3 is 2. The van der Waals surface area contributed by atoms with Gasteiger partial charge < -0.3 is 14.8 Å². The Morgan fingerprint density at radius 2 is 1.88 bits per heavy atom. The van der Waals surface area contributed by atoms with Crippen LogP contribution in [-0.4, -0.2) is 39.1 Å². The van der Waals surface area contributed by atoms with E-state index in [9.17, 15) is 9.59 Å². The number of amides is 2. The molecule has 1 aliphatic rings. The lowest BCUT2D eigenvalue weighted by atomic mass is 10.1. The highest BCUT2D eigenvalue weighted by Gasteiger charge is 2.39. The Bertz CT molecular complexity index is 819. The number of para-hydroxylation sites is 1. The molecule has 2 aromatic rings. The molecule has 1 heterocycles. The van der Waals surface area contributed by atoms with Gasteiger partial charge in [-0.15, -0.1) is 0 Å². The van der Waals surface area contributed by atoms with E-state index in [0.29, 0.717) is 23.5 Å². The molecule has 0 bridgehead atoms.